The summed E-state index contributed by atoms with van der Waals surface area (Å²) < 4.78 is 13.8. The van der Waals surface area contributed by atoms with Crippen molar-refractivity contribution in [3.63, 3.8) is 0 Å². The molecule has 0 bridgehead atoms. The van der Waals surface area contributed by atoms with Gasteiger partial charge in [-0.1, -0.05) is 43.9 Å². The van der Waals surface area contributed by atoms with Crippen molar-refractivity contribution in [2.75, 3.05) is 6.79 Å². The fourth-order valence-corrected chi connectivity index (χ4v) is 4.11. The summed E-state index contributed by atoms with van der Waals surface area (Å²) in [6.07, 6.45) is 9.22. The maximum Gasteiger partial charge on any atom is 0.251 e. The zero-order valence-corrected chi connectivity index (χ0v) is 15.4. The molecule has 2 heterocycles. The molecule has 3 rings (SSSR count). The van der Waals surface area contributed by atoms with Crippen LogP contribution in [0.3, 0.4) is 0 Å². The van der Waals surface area contributed by atoms with Crippen molar-refractivity contribution in [1.82, 2.24) is 4.57 Å². The van der Waals surface area contributed by atoms with Crippen LogP contribution in [-0.2, 0) is 11.3 Å². The summed E-state index contributed by atoms with van der Waals surface area (Å²) in [7, 11) is 0. The highest BCUT2D eigenvalue weighted by Gasteiger charge is 2.19. The molecule has 0 aliphatic carbocycles. The number of terminal acetylenes is 1. The first-order valence-electron chi connectivity index (χ1n) is 8.62. The topological polar surface area (TPSA) is 52.8 Å². The molecule has 0 fully saturated rings. The number of rotatable bonds is 6. The Kier molecular flexibility index (Phi) is 5.44. The van der Waals surface area contributed by atoms with Gasteiger partial charge in [0.2, 0.25) is 6.79 Å². The van der Waals surface area contributed by atoms with E-state index in [2.05, 4.69) is 24.8 Å². The summed E-state index contributed by atoms with van der Waals surface area (Å²) in [5.41, 5.74) is 0.918. The Labute approximate surface area is 151 Å². The minimum Gasteiger partial charge on any atom is -0.454 e. The highest BCUT2D eigenvalue weighted by Crippen LogP contribution is 2.36. The maximum absolute atomic E-state index is 12.7. The first-order chi connectivity index (χ1) is 12.2. The van der Waals surface area contributed by atoms with Gasteiger partial charge in [-0.15, -0.1) is 6.42 Å². The van der Waals surface area contributed by atoms with E-state index in [0.29, 0.717) is 22.8 Å². The third-order valence-corrected chi connectivity index (χ3v) is 5.30. The zero-order valence-electron chi connectivity index (χ0n) is 14.6. The lowest BCUT2D eigenvalue weighted by Crippen LogP contribution is -2.20. The molecule has 0 radical (unpaired) electrons. The van der Waals surface area contributed by atoms with E-state index >= 15 is 0 Å². The number of hydrogen-bond donors (Lipinski definition) is 0. The number of amides is 1. The van der Waals surface area contributed by atoms with Crippen molar-refractivity contribution in [2.45, 2.75) is 46.1 Å². The molecule has 0 spiro atoms. The van der Waals surface area contributed by atoms with Crippen LogP contribution in [0.5, 0.6) is 11.5 Å². The molecule has 1 amide bonds. The van der Waals surface area contributed by atoms with Crippen LogP contribution in [0.2, 0.25) is 0 Å². The number of thiazole rings is 1. The number of benzene rings is 1. The Morgan fingerprint density at radius 2 is 2.00 bits per heavy atom. The summed E-state index contributed by atoms with van der Waals surface area (Å²) in [4.78, 5) is 17.7. The molecule has 2 aromatic rings. The predicted molar refractivity (Wildman–Crippen MR) is 98.6 cm³/mol. The van der Waals surface area contributed by atoms with Crippen LogP contribution in [0.4, 0.5) is 0 Å². The molecule has 1 aliphatic heterocycles. The molecule has 25 heavy (non-hydrogen) atoms. The van der Waals surface area contributed by atoms with Gasteiger partial charge < -0.3 is 14.0 Å². The fraction of sp³-hybridized carbons (Fsp3) is 0.474. The van der Waals surface area contributed by atoms with Crippen LogP contribution < -0.4 is 14.3 Å². The van der Waals surface area contributed by atoms with Gasteiger partial charge in [0.1, 0.15) is 0 Å². The van der Waals surface area contributed by atoms with Crippen LogP contribution >= 0.6 is 11.3 Å². The molecule has 1 aromatic carbocycles. The lowest BCUT2D eigenvalue weighted by atomic mass is 9.98. The monoisotopic (exact) mass is 358 g/mol. The lowest BCUT2D eigenvalue weighted by Gasteiger charge is -2.10. The van der Waals surface area contributed by atoms with Crippen LogP contribution in [0.15, 0.2) is 17.1 Å². The van der Waals surface area contributed by atoms with E-state index in [0.717, 1.165) is 35.9 Å². The molecule has 0 N–H and O–H groups in total. The molecular weight excluding hydrogens is 336 g/mol. The molecule has 0 saturated heterocycles. The second kappa shape index (κ2) is 7.75. The van der Waals surface area contributed by atoms with Gasteiger partial charge in [-0.3, -0.25) is 4.79 Å². The molecule has 0 atom stereocenters. The van der Waals surface area contributed by atoms with Gasteiger partial charge in [0, 0.05) is 18.1 Å². The summed E-state index contributed by atoms with van der Waals surface area (Å²) in [6, 6.07) is 3.83. The van der Waals surface area contributed by atoms with Crippen LogP contribution in [0, 0.1) is 18.3 Å². The van der Waals surface area contributed by atoms with E-state index in [-0.39, 0.29) is 18.6 Å². The molecule has 1 aromatic heterocycles. The number of nitrogens with zero attached hydrogens (tertiary/aromatic N) is 2. The quantitative estimate of drug-likeness (QED) is 0.740. The van der Waals surface area contributed by atoms with Crippen molar-refractivity contribution in [3.8, 4) is 23.8 Å². The predicted octanol–water partition coefficient (Wildman–Crippen LogP) is 3.71. The van der Waals surface area contributed by atoms with Crippen LogP contribution in [-0.4, -0.2) is 17.3 Å². The van der Waals surface area contributed by atoms with Gasteiger partial charge in [0.15, 0.2) is 16.3 Å². The molecule has 0 unspecified atom stereocenters. The minimum absolute atomic E-state index is 0.0174. The molecule has 132 valence electrons. The third-order valence-electron chi connectivity index (χ3n) is 4.26. The second-order valence-electron chi connectivity index (χ2n) is 6.07. The van der Waals surface area contributed by atoms with Crippen molar-refractivity contribution >= 4 is 27.5 Å². The van der Waals surface area contributed by atoms with Gasteiger partial charge >= 0.3 is 0 Å². The van der Waals surface area contributed by atoms with Gasteiger partial charge in [-0.2, -0.15) is 4.99 Å². The smallest absolute Gasteiger partial charge is 0.251 e. The van der Waals surface area contributed by atoms with E-state index in [9.17, 15) is 4.79 Å². The zero-order chi connectivity index (χ0) is 17.8. The number of fused-ring (bicyclic) bond motifs is 2. The van der Waals surface area contributed by atoms with Gasteiger partial charge in [0.05, 0.1) is 16.8 Å². The number of ether oxygens (including phenoxy) is 2. The number of aromatic nitrogens is 1. The average molecular weight is 358 g/mol. The standard InChI is InChI=1S/C19H22N2O3S/c1-4-7-13(8-5-2)18(22)20-19-21(9-6-3)14-10-15-16(24-12-23-15)11-17(14)25-19/h3,10-11,13H,4-5,7-9,12H2,1-2H3. The van der Waals surface area contributed by atoms with Crippen LogP contribution in [0.1, 0.15) is 39.5 Å². The van der Waals surface area contributed by atoms with E-state index in [4.69, 9.17) is 15.9 Å². The Morgan fingerprint density at radius 1 is 1.32 bits per heavy atom. The SMILES string of the molecule is C#CCn1c(=NC(=O)C(CCC)CCC)sc2cc3c(cc21)OCO3. The summed E-state index contributed by atoms with van der Waals surface area (Å²) in [5.74, 6) is 3.99. The highest BCUT2D eigenvalue weighted by molar-refractivity contribution is 7.16. The second-order valence-corrected chi connectivity index (χ2v) is 7.08. The molecule has 0 saturated carbocycles. The van der Waals surface area contributed by atoms with E-state index in [1.54, 1.807) is 0 Å². The molecular formula is C19H22N2O3S. The minimum atomic E-state index is -0.0546. The summed E-state index contributed by atoms with van der Waals surface area (Å²) >= 11 is 1.46. The van der Waals surface area contributed by atoms with Crippen molar-refractivity contribution < 1.29 is 14.3 Å². The van der Waals surface area contributed by atoms with Gasteiger partial charge in [-0.25, -0.2) is 0 Å². The van der Waals surface area contributed by atoms with E-state index in [1.165, 1.54) is 11.3 Å². The Morgan fingerprint density at radius 3 is 2.64 bits per heavy atom. The Bertz CT molecular complexity index is 882. The van der Waals surface area contributed by atoms with Crippen LogP contribution in [0.25, 0.3) is 10.2 Å². The first kappa shape index (κ1) is 17.6. The molecule has 1 aliphatic rings. The normalized spacial score (nSPS) is 13.6. The van der Waals surface area contributed by atoms with Gasteiger partial charge in [0.25, 0.3) is 5.91 Å². The van der Waals surface area contributed by atoms with Crippen molar-refractivity contribution in [3.05, 3.63) is 16.9 Å². The largest absolute Gasteiger partial charge is 0.454 e. The molecule has 6 heteroatoms. The lowest BCUT2D eigenvalue weighted by molar-refractivity contribution is -0.122. The molecule has 5 nitrogen and oxygen atoms in total. The Balaban J connectivity index is 2.07. The Hall–Kier alpha value is -2.26. The van der Waals surface area contributed by atoms with E-state index in [1.807, 2.05) is 16.7 Å². The van der Waals surface area contributed by atoms with E-state index < -0.39 is 0 Å². The number of carbonyl (C=O) groups is 1. The summed E-state index contributed by atoms with van der Waals surface area (Å²) in [6.45, 7) is 4.77. The average Bonchev–Trinajstić information content (AvgIpc) is 3.17. The number of hydrogen-bond acceptors (Lipinski definition) is 4. The third kappa shape index (κ3) is 3.57. The number of carbonyl (C=O) groups excluding carboxylic acids is 1. The maximum atomic E-state index is 12.7. The van der Waals surface area contributed by atoms with Crippen molar-refractivity contribution in [1.29, 1.82) is 0 Å². The fourth-order valence-electron chi connectivity index (χ4n) is 3.06. The van der Waals surface area contributed by atoms with Crippen molar-refractivity contribution in [2.24, 2.45) is 10.9 Å². The van der Waals surface area contributed by atoms with Gasteiger partial charge in [-0.05, 0) is 12.8 Å². The highest BCUT2D eigenvalue weighted by atomic mass is 32.1. The first-order valence-corrected chi connectivity index (χ1v) is 9.44. The summed E-state index contributed by atoms with van der Waals surface area (Å²) in [5, 5.41) is 0.